The number of anilines is 1. The van der Waals surface area contributed by atoms with Gasteiger partial charge in [-0.1, -0.05) is 12.1 Å². The first-order valence-electron chi connectivity index (χ1n) is 14.7. The fraction of sp³-hybridized carbons (Fsp3) is 0.586. The summed E-state index contributed by atoms with van der Waals surface area (Å²) in [5.41, 5.74) is 1.28. The van der Waals surface area contributed by atoms with E-state index >= 15 is 4.39 Å². The number of aromatic nitrogens is 6. The highest BCUT2D eigenvalue weighted by molar-refractivity contribution is 5.87. The van der Waals surface area contributed by atoms with E-state index < -0.39 is 35.7 Å². The first kappa shape index (κ1) is 28.4. The zero-order valence-electron chi connectivity index (χ0n) is 23.9. The predicted molar refractivity (Wildman–Crippen MR) is 148 cm³/mol. The van der Waals surface area contributed by atoms with Crippen LogP contribution in [0, 0.1) is 18.7 Å². The lowest BCUT2D eigenvalue weighted by Gasteiger charge is -2.49. The second-order valence-electron chi connectivity index (χ2n) is 12.1. The van der Waals surface area contributed by atoms with E-state index in [-0.39, 0.29) is 30.6 Å². The Bertz CT molecular complexity index is 1640. The molecule has 1 unspecified atom stereocenters. The Morgan fingerprint density at radius 3 is 2.63 bits per heavy atom. The topological polar surface area (TPSA) is 76.6 Å². The molecule has 2 aliphatic heterocycles. The van der Waals surface area contributed by atoms with Crippen LogP contribution in [0.15, 0.2) is 24.5 Å². The van der Waals surface area contributed by atoms with Gasteiger partial charge in [0, 0.05) is 62.3 Å². The van der Waals surface area contributed by atoms with Crippen molar-refractivity contribution in [2.24, 2.45) is 5.92 Å². The van der Waals surface area contributed by atoms with Crippen LogP contribution in [0.25, 0.3) is 16.9 Å². The van der Waals surface area contributed by atoms with E-state index in [0.29, 0.717) is 43.3 Å². The normalized spacial score (nSPS) is 24.0. The monoisotopic (exact) mass is 604 g/mol. The van der Waals surface area contributed by atoms with Gasteiger partial charge in [-0.15, -0.1) is 10.2 Å². The molecule has 0 amide bonds. The van der Waals surface area contributed by atoms with E-state index in [1.54, 1.807) is 6.33 Å². The molecule has 3 aliphatic rings. The van der Waals surface area contributed by atoms with Gasteiger partial charge in [0.05, 0.1) is 12.6 Å². The summed E-state index contributed by atoms with van der Waals surface area (Å²) in [6, 6.07) is 2.55. The Kier molecular flexibility index (Phi) is 7.03. The van der Waals surface area contributed by atoms with Crippen LogP contribution in [0.4, 0.5) is 27.8 Å². The molecule has 0 radical (unpaired) electrons. The van der Waals surface area contributed by atoms with Gasteiger partial charge in [-0.2, -0.15) is 4.98 Å². The molecule has 1 aliphatic carbocycles. The minimum Gasteiger partial charge on any atom is -0.376 e. The summed E-state index contributed by atoms with van der Waals surface area (Å²) in [5.74, 6) is -2.19. The number of benzene rings is 1. The maximum Gasteiger partial charge on any atom is 0.263 e. The molecule has 7 rings (SSSR count). The number of piperazine rings is 1. The molecule has 0 spiro atoms. The van der Waals surface area contributed by atoms with E-state index in [9.17, 15) is 17.6 Å². The van der Waals surface area contributed by atoms with Gasteiger partial charge in [-0.05, 0) is 38.7 Å². The second kappa shape index (κ2) is 10.7. The average Bonchev–Trinajstić information content (AvgIpc) is 3.69. The van der Waals surface area contributed by atoms with E-state index in [0.717, 1.165) is 37.0 Å². The maximum absolute atomic E-state index is 15.2. The number of ether oxygens (including phenoxy) is 1. The highest BCUT2D eigenvalue weighted by Gasteiger charge is 2.51. The van der Waals surface area contributed by atoms with Crippen molar-refractivity contribution in [2.45, 2.75) is 76.6 Å². The lowest BCUT2D eigenvalue weighted by atomic mass is 9.73. The number of hydrogen-bond acceptors (Lipinski definition) is 7. The summed E-state index contributed by atoms with van der Waals surface area (Å²) in [6.07, 6.45) is 0.157. The fourth-order valence-corrected chi connectivity index (χ4v) is 7.11. The molecule has 1 aromatic carbocycles. The standard InChI is InChI=1S/C29H33F5N8O/c1-16-13-39(24(19-11-29(33,34)12-19)21-6-5-18(25(31)32)10-22(21)30)7-8-40(16)26-23-27(42-15-35-38-28(42)37-26)41(17(2)36-23)14-20-4-3-9-43-20/h5-6,10,15-16,19-20,24-25H,3-4,7-9,11-14H2,1-2H3/t16-,20-,24?/m0/s1. The van der Waals surface area contributed by atoms with Crippen molar-refractivity contribution in [2.75, 3.05) is 31.1 Å². The predicted octanol–water partition coefficient (Wildman–Crippen LogP) is 5.34. The molecule has 14 heteroatoms. The molecule has 4 aromatic rings. The van der Waals surface area contributed by atoms with Crippen molar-refractivity contribution in [1.82, 2.24) is 34.0 Å². The highest BCUT2D eigenvalue weighted by Crippen LogP contribution is 2.51. The largest absolute Gasteiger partial charge is 0.376 e. The Morgan fingerprint density at radius 2 is 1.95 bits per heavy atom. The highest BCUT2D eigenvalue weighted by atomic mass is 19.3. The molecular weight excluding hydrogens is 571 g/mol. The molecule has 9 nitrogen and oxygen atoms in total. The average molecular weight is 605 g/mol. The molecule has 230 valence electrons. The number of imidazole rings is 1. The molecular formula is C29H33F5N8O. The Hall–Kier alpha value is -3.39. The third-order valence-corrected chi connectivity index (χ3v) is 9.21. The van der Waals surface area contributed by atoms with Gasteiger partial charge in [0.2, 0.25) is 5.92 Å². The number of nitrogens with zero attached hydrogens (tertiary/aromatic N) is 8. The van der Waals surface area contributed by atoms with Crippen LogP contribution in [0.5, 0.6) is 0 Å². The molecule has 0 N–H and O–H groups in total. The van der Waals surface area contributed by atoms with Crippen LogP contribution in [-0.2, 0) is 11.3 Å². The minimum atomic E-state index is -2.82. The van der Waals surface area contributed by atoms with Crippen molar-refractivity contribution in [3.05, 3.63) is 47.3 Å². The number of hydrogen-bond donors (Lipinski definition) is 0. The number of rotatable bonds is 7. The zero-order valence-corrected chi connectivity index (χ0v) is 23.9. The molecule has 43 heavy (non-hydrogen) atoms. The maximum atomic E-state index is 15.2. The molecule has 1 saturated carbocycles. The number of aryl methyl sites for hydroxylation is 1. The van der Waals surface area contributed by atoms with Crippen molar-refractivity contribution in [3.8, 4) is 0 Å². The van der Waals surface area contributed by atoms with E-state index in [2.05, 4.69) is 19.7 Å². The van der Waals surface area contributed by atoms with Gasteiger partial charge in [0.1, 0.15) is 23.5 Å². The van der Waals surface area contributed by atoms with Crippen molar-refractivity contribution in [3.63, 3.8) is 0 Å². The SMILES string of the molecule is Cc1nc2c(N3CCN(C(c4ccc(C(F)F)cc4F)C4CC(F)(F)C4)C[C@@H]3C)nc3nncn3c2n1C[C@@H]1CCCO1. The summed E-state index contributed by atoms with van der Waals surface area (Å²) in [7, 11) is 0. The third kappa shape index (κ3) is 5.01. The van der Waals surface area contributed by atoms with Crippen LogP contribution in [0.2, 0.25) is 0 Å². The van der Waals surface area contributed by atoms with Crippen molar-refractivity contribution < 1.29 is 26.7 Å². The van der Waals surface area contributed by atoms with E-state index in [1.165, 1.54) is 12.1 Å². The summed E-state index contributed by atoms with van der Waals surface area (Å²) >= 11 is 0. The van der Waals surface area contributed by atoms with Gasteiger partial charge in [-0.25, -0.2) is 31.3 Å². The Morgan fingerprint density at radius 1 is 1.14 bits per heavy atom. The Labute approximate surface area is 244 Å². The second-order valence-corrected chi connectivity index (χ2v) is 12.1. The minimum absolute atomic E-state index is 0.0905. The zero-order chi connectivity index (χ0) is 30.0. The van der Waals surface area contributed by atoms with Crippen LogP contribution >= 0.6 is 0 Å². The van der Waals surface area contributed by atoms with Gasteiger partial charge in [-0.3, -0.25) is 4.90 Å². The number of halogens is 5. The molecule has 5 heterocycles. The molecule has 3 fully saturated rings. The quantitative estimate of drug-likeness (QED) is 0.264. The Balaban J connectivity index is 1.21. The summed E-state index contributed by atoms with van der Waals surface area (Å²) in [6.45, 7) is 6.68. The summed E-state index contributed by atoms with van der Waals surface area (Å²) in [4.78, 5) is 13.9. The van der Waals surface area contributed by atoms with Crippen molar-refractivity contribution in [1.29, 1.82) is 0 Å². The van der Waals surface area contributed by atoms with Gasteiger partial charge in [0.25, 0.3) is 12.2 Å². The van der Waals surface area contributed by atoms with Crippen LogP contribution in [0.3, 0.4) is 0 Å². The fourth-order valence-electron chi connectivity index (χ4n) is 7.11. The van der Waals surface area contributed by atoms with E-state index in [1.807, 2.05) is 23.1 Å². The van der Waals surface area contributed by atoms with Gasteiger partial charge in [0.15, 0.2) is 11.5 Å². The van der Waals surface area contributed by atoms with Gasteiger partial charge >= 0.3 is 0 Å². The smallest absolute Gasteiger partial charge is 0.263 e. The molecule has 0 bridgehead atoms. The van der Waals surface area contributed by atoms with Crippen LogP contribution < -0.4 is 4.90 Å². The number of fused-ring (bicyclic) bond motifs is 3. The lowest BCUT2D eigenvalue weighted by molar-refractivity contribution is -0.134. The van der Waals surface area contributed by atoms with Gasteiger partial charge < -0.3 is 14.2 Å². The molecule has 3 atom stereocenters. The van der Waals surface area contributed by atoms with E-state index in [4.69, 9.17) is 14.7 Å². The lowest BCUT2D eigenvalue weighted by Crippen LogP contribution is -2.56. The third-order valence-electron chi connectivity index (χ3n) is 9.21. The van der Waals surface area contributed by atoms with Crippen LogP contribution in [-0.4, -0.2) is 78.3 Å². The van der Waals surface area contributed by atoms with Crippen molar-refractivity contribution >= 4 is 22.8 Å². The molecule has 3 aromatic heterocycles. The first-order chi connectivity index (χ1) is 20.6. The van der Waals surface area contributed by atoms with Crippen LogP contribution in [0.1, 0.15) is 62.0 Å². The molecule has 2 saturated heterocycles. The first-order valence-corrected chi connectivity index (χ1v) is 14.7. The summed E-state index contributed by atoms with van der Waals surface area (Å²) in [5, 5.41) is 8.31. The summed E-state index contributed by atoms with van der Waals surface area (Å²) < 4.78 is 79.6. The number of alkyl halides is 4.